The molecule has 1 N–H and O–H groups in total. The molecule has 1 fully saturated rings. The molecule has 0 aromatic heterocycles. The number of benzene rings is 2. The molecule has 0 radical (unpaired) electrons. The van der Waals surface area contributed by atoms with Crippen molar-refractivity contribution in [1.82, 2.24) is 4.90 Å². The Hall–Kier alpha value is -1.98. The molecule has 1 amide bonds. The number of carbonyl (C=O) groups excluding carboxylic acids is 1. The van der Waals surface area contributed by atoms with E-state index in [1.807, 2.05) is 49.0 Å². The summed E-state index contributed by atoms with van der Waals surface area (Å²) in [5, 5.41) is 2.93. The summed E-state index contributed by atoms with van der Waals surface area (Å²) in [5.74, 6) is 2.98. The topological polar surface area (TPSA) is 41.6 Å². The highest BCUT2D eigenvalue weighted by Gasteiger charge is 2.11. The van der Waals surface area contributed by atoms with Crippen molar-refractivity contribution in [3.8, 4) is 5.75 Å². The zero-order valence-corrected chi connectivity index (χ0v) is 16.3. The van der Waals surface area contributed by atoms with Crippen molar-refractivity contribution in [3.05, 3.63) is 59.2 Å². The molecule has 0 atom stereocenters. The van der Waals surface area contributed by atoms with Crippen molar-refractivity contribution in [1.29, 1.82) is 0 Å². The lowest BCUT2D eigenvalue weighted by molar-refractivity contribution is -0.118. The van der Waals surface area contributed by atoms with Crippen molar-refractivity contribution in [3.63, 3.8) is 0 Å². The van der Waals surface area contributed by atoms with Crippen LogP contribution in [0, 0.1) is 13.8 Å². The summed E-state index contributed by atoms with van der Waals surface area (Å²) >= 11 is 2.01. The van der Waals surface area contributed by atoms with Gasteiger partial charge in [-0.3, -0.25) is 9.69 Å². The van der Waals surface area contributed by atoms with E-state index in [1.54, 1.807) is 0 Å². The number of thioether (sulfide) groups is 1. The van der Waals surface area contributed by atoms with Gasteiger partial charge in [-0.15, -0.1) is 0 Å². The summed E-state index contributed by atoms with van der Waals surface area (Å²) in [6.07, 6.45) is 0. The average molecular weight is 371 g/mol. The SMILES string of the molecule is Cc1ccc(OCC(=O)Nc2cccc(CN3CCSCC3)c2)cc1C. The second kappa shape index (κ2) is 9.10. The summed E-state index contributed by atoms with van der Waals surface area (Å²) < 4.78 is 5.60. The first-order valence-corrected chi connectivity index (χ1v) is 10.1. The molecule has 5 heteroatoms. The number of nitrogens with one attached hydrogen (secondary N) is 1. The van der Waals surface area contributed by atoms with Gasteiger partial charge in [0.15, 0.2) is 6.61 Å². The van der Waals surface area contributed by atoms with Crippen LogP contribution in [0.4, 0.5) is 5.69 Å². The predicted octanol–water partition coefficient (Wildman–Crippen LogP) is 3.87. The van der Waals surface area contributed by atoms with Crippen LogP contribution in [0.5, 0.6) is 5.75 Å². The lowest BCUT2D eigenvalue weighted by Gasteiger charge is -2.26. The molecule has 138 valence electrons. The normalized spacial score (nSPS) is 14.8. The zero-order valence-electron chi connectivity index (χ0n) is 15.5. The average Bonchev–Trinajstić information content (AvgIpc) is 2.64. The van der Waals surface area contributed by atoms with Crippen LogP contribution in [-0.2, 0) is 11.3 Å². The maximum Gasteiger partial charge on any atom is 0.262 e. The van der Waals surface area contributed by atoms with Gasteiger partial charge in [0.05, 0.1) is 0 Å². The largest absolute Gasteiger partial charge is 0.484 e. The lowest BCUT2D eigenvalue weighted by Crippen LogP contribution is -2.32. The van der Waals surface area contributed by atoms with Crippen LogP contribution in [0.3, 0.4) is 0 Å². The summed E-state index contributed by atoms with van der Waals surface area (Å²) in [7, 11) is 0. The molecule has 0 unspecified atom stereocenters. The number of rotatable bonds is 6. The van der Waals surface area contributed by atoms with E-state index in [4.69, 9.17) is 4.74 Å². The Morgan fingerprint density at radius 1 is 1.12 bits per heavy atom. The number of hydrogen-bond acceptors (Lipinski definition) is 4. The Balaban J connectivity index is 1.51. The van der Waals surface area contributed by atoms with Gasteiger partial charge < -0.3 is 10.1 Å². The number of hydrogen-bond donors (Lipinski definition) is 1. The van der Waals surface area contributed by atoms with E-state index in [0.29, 0.717) is 0 Å². The molecule has 0 saturated carbocycles. The Bertz CT molecular complexity index is 757. The molecule has 4 nitrogen and oxygen atoms in total. The van der Waals surface area contributed by atoms with Crippen LogP contribution in [0.25, 0.3) is 0 Å². The Labute approximate surface area is 159 Å². The number of nitrogens with zero attached hydrogens (tertiary/aromatic N) is 1. The molecular formula is C21H26N2O2S. The van der Waals surface area contributed by atoms with Crippen LogP contribution >= 0.6 is 11.8 Å². The van der Waals surface area contributed by atoms with Crippen LogP contribution in [0.2, 0.25) is 0 Å². The zero-order chi connectivity index (χ0) is 18.4. The van der Waals surface area contributed by atoms with Gasteiger partial charge in [-0.25, -0.2) is 0 Å². The van der Waals surface area contributed by atoms with E-state index in [2.05, 4.69) is 29.3 Å². The fraction of sp³-hybridized carbons (Fsp3) is 0.381. The van der Waals surface area contributed by atoms with Crippen LogP contribution in [-0.4, -0.2) is 42.0 Å². The molecule has 3 rings (SSSR count). The Morgan fingerprint density at radius 3 is 2.69 bits per heavy atom. The molecule has 1 saturated heterocycles. The smallest absolute Gasteiger partial charge is 0.262 e. The maximum atomic E-state index is 12.2. The summed E-state index contributed by atoms with van der Waals surface area (Å²) in [4.78, 5) is 14.6. The molecule has 2 aromatic carbocycles. The van der Waals surface area contributed by atoms with Crippen LogP contribution in [0.1, 0.15) is 16.7 Å². The van der Waals surface area contributed by atoms with Crippen molar-refractivity contribution in [2.75, 3.05) is 36.5 Å². The number of amides is 1. The van der Waals surface area contributed by atoms with Gasteiger partial charge in [-0.1, -0.05) is 18.2 Å². The Kier molecular flexibility index (Phi) is 6.58. The minimum absolute atomic E-state index is 0.01000. The van der Waals surface area contributed by atoms with Crippen LogP contribution < -0.4 is 10.1 Å². The van der Waals surface area contributed by atoms with Crippen molar-refractivity contribution in [2.45, 2.75) is 20.4 Å². The van der Waals surface area contributed by atoms with Gasteiger partial charge in [0.25, 0.3) is 5.91 Å². The molecule has 0 aliphatic carbocycles. The molecular weight excluding hydrogens is 344 g/mol. The minimum atomic E-state index is -0.144. The minimum Gasteiger partial charge on any atom is -0.484 e. The fourth-order valence-electron chi connectivity index (χ4n) is 2.91. The second-order valence-corrected chi connectivity index (χ2v) is 7.90. The highest BCUT2D eigenvalue weighted by atomic mass is 32.2. The number of ether oxygens (including phenoxy) is 1. The third-order valence-electron chi connectivity index (χ3n) is 4.57. The summed E-state index contributed by atoms with van der Waals surface area (Å²) in [6, 6.07) is 13.9. The van der Waals surface area contributed by atoms with Gasteiger partial charge in [0.1, 0.15) is 5.75 Å². The second-order valence-electron chi connectivity index (χ2n) is 6.67. The fourth-order valence-corrected chi connectivity index (χ4v) is 3.89. The maximum absolute atomic E-state index is 12.2. The highest BCUT2D eigenvalue weighted by Crippen LogP contribution is 2.18. The van der Waals surface area contributed by atoms with Crippen molar-refractivity contribution >= 4 is 23.4 Å². The first-order valence-electron chi connectivity index (χ1n) is 8.99. The Morgan fingerprint density at radius 2 is 1.92 bits per heavy atom. The molecule has 2 aromatic rings. The monoisotopic (exact) mass is 370 g/mol. The van der Waals surface area contributed by atoms with Gasteiger partial charge in [0.2, 0.25) is 0 Å². The first-order chi connectivity index (χ1) is 12.6. The molecule has 1 aliphatic heterocycles. The van der Waals surface area contributed by atoms with Gasteiger partial charge in [0, 0.05) is 36.8 Å². The number of anilines is 1. The van der Waals surface area contributed by atoms with E-state index >= 15 is 0 Å². The van der Waals surface area contributed by atoms with E-state index < -0.39 is 0 Å². The van der Waals surface area contributed by atoms with E-state index in [1.165, 1.54) is 22.6 Å². The van der Waals surface area contributed by atoms with Gasteiger partial charge >= 0.3 is 0 Å². The van der Waals surface area contributed by atoms with E-state index in [0.717, 1.165) is 36.6 Å². The summed E-state index contributed by atoms with van der Waals surface area (Å²) in [6.45, 7) is 7.30. The molecule has 0 bridgehead atoms. The third kappa shape index (κ3) is 5.51. The highest BCUT2D eigenvalue weighted by molar-refractivity contribution is 7.99. The van der Waals surface area contributed by atoms with Gasteiger partial charge in [-0.05, 0) is 54.8 Å². The van der Waals surface area contributed by atoms with E-state index in [-0.39, 0.29) is 12.5 Å². The van der Waals surface area contributed by atoms with E-state index in [9.17, 15) is 4.79 Å². The van der Waals surface area contributed by atoms with Crippen molar-refractivity contribution < 1.29 is 9.53 Å². The predicted molar refractivity (Wildman–Crippen MR) is 109 cm³/mol. The lowest BCUT2D eigenvalue weighted by atomic mass is 10.1. The van der Waals surface area contributed by atoms with Crippen LogP contribution in [0.15, 0.2) is 42.5 Å². The standard InChI is InChI=1S/C21H26N2O2S/c1-16-6-7-20(12-17(16)2)25-15-21(24)22-19-5-3-4-18(13-19)14-23-8-10-26-11-9-23/h3-7,12-13H,8-11,14-15H2,1-2H3,(H,22,24). The molecule has 1 aliphatic rings. The third-order valence-corrected chi connectivity index (χ3v) is 5.51. The summed E-state index contributed by atoms with van der Waals surface area (Å²) in [5.41, 5.74) is 4.42. The number of aryl methyl sites for hydroxylation is 2. The van der Waals surface area contributed by atoms with Crippen molar-refractivity contribution in [2.24, 2.45) is 0 Å². The number of carbonyl (C=O) groups is 1. The quantitative estimate of drug-likeness (QED) is 0.838. The molecule has 1 heterocycles. The molecule has 26 heavy (non-hydrogen) atoms. The first kappa shape index (κ1) is 18.8. The molecule has 0 spiro atoms. The van der Waals surface area contributed by atoms with Gasteiger partial charge in [-0.2, -0.15) is 11.8 Å².